The maximum atomic E-state index is 9.75. The van der Waals surface area contributed by atoms with E-state index in [1.54, 1.807) is 12.1 Å². The maximum Gasteiger partial charge on any atom is 0.138 e. The third-order valence-electron chi connectivity index (χ3n) is 3.04. The molecule has 1 aromatic heterocycles. The molecule has 100 valence electrons. The number of aromatic hydroxyl groups is 1. The molecule has 0 bridgehead atoms. The molecule has 1 heterocycles. The van der Waals surface area contributed by atoms with Crippen molar-refractivity contribution in [3.8, 4) is 5.75 Å². The molecule has 0 radical (unpaired) electrons. The monoisotopic (exact) mass is 320 g/mol. The van der Waals surface area contributed by atoms with Crippen LogP contribution < -0.4 is 5.32 Å². The molecule has 4 heteroatoms. The molecule has 0 aliphatic heterocycles. The van der Waals surface area contributed by atoms with Gasteiger partial charge in [0, 0.05) is 22.8 Å². The van der Waals surface area contributed by atoms with Gasteiger partial charge in [-0.05, 0) is 43.7 Å². The average molecular weight is 321 g/mol. The zero-order valence-electron chi connectivity index (χ0n) is 11.0. The third kappa shape index (κ3) is 3.78. The smallest absolute Gasteiger partial charge is 0.138 e. The van der Waals surface area contributed by atoms with Crippen LogP contribution in [0.15, 0.2) is 40.9 Å². The lowest BCUT2D eigenvalue weighted by Gasteiger charge is -2.14. The molecule has 2 N–H and O–H groups in total. The number of pyridine rings is 1. The zero-order chi connectivity index (χ0) is 13.8. The van der Waals surface area contributed by atoms with E-state index in [-0.39, 0.29) is 11.8 Å². The quantitative estimate of drug-likeness (QED) is 0.902. The summed E-state index contributed by atoms with van der Waals surface area (Å²) in [7, 11) is 0. The number of aryl methyl sites for hydroxylation is 1. The van der Waals surface area contributed by atoms with Crippen molar-refractivity contribution in [1.29, 1.82) is 0 Å². The second-order valence-electron chi connectivity index (χ2n) is 4.57. The molecule has 2 rings (SSSR count). The Morgan fingerprint density at radius 2 is 1.89 bits per heavy atom. The molecule has 1 aromatic carbocycles. The van der Waals surface area contributed by atoms with Crippen LogP contribution in [0.4, 0.5) is 0 Å². The first-order valence-electron chi connectivity index (χ1n) is 6.20. The predicted molar refractivity (Wildman–Crippen MR) is 80.0 cm³/mol. The van der Waals surface area contributed by atoms with Gasteiger partial charge in [0.05, 0.1) is 5.69 Å². The lowest BCUT2D eigenvalue weighted by molar-refractivity contribution is 0.454. The summed E-state index contributed by atoms with van der Waals surface area (Å²) >= 11 is 3.42. The van der Waals surface area contributed by atoms with E-state index in [1.807, 2.05) is 19.1 Å². The molecule has 3 nitrogen and oxygen atoms in total. The van der Waals surface area contributed by atoms with Gasteiger partial charge in [-0.1, -0.05) is 28.1 Å². The molecule has 0 saturated heterocycles. The molecule has 1 atom stereocenters. The topological polar surface area (TPSA) is 45.1 Å². The summed E-state index contributed by atoms with van der Waals surface area (Å²) in [4.78, 5) is 4.33. The first kappa shape index (κ1) is 14.0. The van der Waals surface area contributed by atoms with Crippen molar-refractivity contribution in [2.24, 2.45) is 0 Å². The van der Waals surface area contributed by atoms with Gasteiger partial charge in [0.1, 0.15) is 5.75 Å². The average Bonchev–Trinajstić information content (AvgIpc) is 2.40. The van der Waals surface area contributed by atoms with E-state index in [0.29, 0.717) is 12.2 Å². The van der Waals surface area contributed by atoms with Gasteiger partial charge in [0.15, 0.2) is 0 Å². The normalized spacial score (nSPS) is 12.4. The van der Waals surface area contributed by atoms with Gasteiger partial charge in [-0.3, -0.25) is 4.98 Å². The van der Waals surface area contributed by atoms with Gasteiger partial charge in [0.2, 0.25) is 0 Å². The molecule has 0 saturated carbocycles. The molecule has 0 amide bonds. The van der Waals surface area contributed by atoms with Crippen molar-refractivity contribution in [2.45, 2.75) is 26.4 Å². The van der Waals surface area contributed by atoms with Gasteiger partial charge in [0.25, 0.3) is 0 Å². The molecular formula is C15H17BrN2O. The van der Waals surface area contributed by atoms with Crippen LogP contribution in [0, 0.1) is 6.92 Å². The Labute approximate surface area is 121 Å². The molecule has 0 aliphatic rings. The highest BCUT2D eigenvalue weighted by atomic mass is 79.9. The van der Waals surface area contributed by atoms with Crippen molar-refractivity contribution in [1.82, 2.24) is 10.3 Å². The Bertz CT molecular complexity index is 555. The minimum absolute atomic E-state index is 0.204. The van der Waals surface area contributed by atoms with Crippen LogP contribution in [0.1, 0.15) is 29.9 Å². The van der Waals surface area contributed by atoms with Crippen molar-refractivity contribution >= 4 is 15.9 Å². The molecular weight excluding hydrogens is 304 g/mol. The fraction of sp³-hybridized carbons (Fsp3) is 0.267. The number of rotatable bonds is 4. The van der Waals surface area contributed by atoms with Crippen LogP contribution in [-0.2, 0) is 6.54 Å². The Balaban J connectivity index is 2.02. The number of nitrogens with zero attached hydrogens (tertiary/aromatic N) is 1. The lowest BCUT2D eigenvalue weighted by Crippen LogP contribution is -2.19. The summed E-state index contributed by atoms with van der Waals surface area (Å²) in [6.07, 6.45) is 0. The van der Waals surface area contributed by atoms with E-state index in [1.165, 1.54) is 5.56 Å². The second kappa shape index (κ2) is 6.17. The van der Waals surface area contributed by atoms with Crippen molar-refractivity contribution < 1.29 is 5.11 Å². The summed E-state index contributed by atoms with van der Waals surface area (Å²) in [6.45, 7) is 4.56. The van der Waals surface area contributed by atoms with Crippen molar-refractivity contribution in [2.75, 3.05) is 0 Å². The summed E-state index contributed by atoms with van der Waals surface area (Å²) in [6, 6.07) is 11.9. The number of aromatic nitrogens is 1. The van der Waals surface area contributed by atoms with Crippen LogP contribution in [0.3, 0.4) is 0 Å². The van der Waals surface area contributed by atoms with Crippen LogP contribution in [0.5, 0.6) is 5.75 Å². The number of nitrogens with one attached hydrogen (secondary N) is 1. The number of hydrogen-bond donors (Lipinski definition) is 2. The van der Waals surface area contributed by atoms with E-state index in [0.717, 1.165) is 10.2 Å². The van der Waals surface area contributed by atoms with Crippen LogP contribution in [0.25, 0.3) is 0 Å². The number of hydrogen-bond acceptors (Lipinski definition) is 3. The largest absolute Gasteiger partial charge is 0.506 e. The standard InChI is InChI=1S/C15H17BrN2O/c1-10-3-8-15(19)14(18-10)9-17-11(2)12-4-6-13(16)7-5-12/h3-8,11,17,19H,9H2,1-2H3/t11-/m0/s1. The zero-order valence-corrected chi connectivity index (χ0v) is 12.6. The Morgan fingerprint density at radius 1 is 1.21 bits per heavy atom. The fourth-order valence-corrected chi connectivity index (χ4v) is 2.12. The minimum atomic E-state index is 0.204. The summed E-state index contributed by atoms with van der Waals surface area (Å²) in [5, 5.41) is 13.1. The maximum absolute atomic E-state index is 9.75. The minimum Gasteiger partial charge on any atom is -0.506 e. The van der Waals surface area contributed by atoms with Gasteiger partial charge in [-0.25, -0.2) is 0 Å². The highest BCUT2D eigenvalue weighted by Crippen LogP contribution is 2.19. The molecule has 19 heavy (non-hydrogen) atoms. The van der Waals surface area contributed by atoms with Gasteiger partial charge in [-0.15, -0.1) is 0 Å². The Hall–Kier alpha value is -1.39. The Kier molecular flexibility index (Phi) is 4.56. The van der Waals surface area contributed by atoms with Crippen LogP contribution >= 0.6 is 15.9 Å². The highest BCUT2D eigenvalue weighted by molar-refractivity contribution is 9.10. The second-order valence-corrected chi connectivity index (χ2v) is 5.49. The molecule has 0 unspecified atom stereocenters. The number of halogens is 1. The molecule has 0 fully saturated rings. The first-order valence-corrected chi connectivity index (χ1v) is 7.00. The van der Waals surface area contributed by atoms with Crippen LogP contribution in [-0.4, -0.2) is 10.1 Å². The predicted octanol–water partition coefficient (Wildman–Crippen LogP) is 3.71. The summed E-state index contributed by atoms with van der Waals surface area (Å²) in [5.74, 6) is 0.237. The lowest BCUT2D eigenvalue weighted by atomic mass is 10.1. The van der Waals surface area contributed by atoms with Gasteiger partial charge in [-0.2, -0.15) is 0 Å². The van der Waals surface area contributed by atoms with Gasteiger partial charge < -0.3 is 10.4 Å². The number of benzene rings is 1. The van der Waals surface area contributed by atoms with E-state index in [2.05, 4.69) is 45.3 Å². The van der Waals surface area contributed by atoms with Crippen LogP contribution in [0.2, 0.25) is 0 Å². The summed E-state index contributed by atoms with van der Waals surface area (Å²) in [5.41, 5.74) is 2.80. The Morgan fingerprint density at radius 3 is 2.58 bits per heavy atom. The highest BCUT2D eigenvalue weighted by Gasteiger charge is 2.08. The van der Waals surface area contributed by atoms with Gasteiger partial charge >= 0.3 is 0 Å². The third-order valence-corrected chi connectivity index (χ3v) is 3.56. The first-order chi connectivity index (χ1) is 9.06. The molecule has 0 spiro atoms. The van der Waals surface area contributed by atoms with E-state index in [9.17, 15) is 5.11 Å². The van der Waals surface area contributed by atoms with Crippen molar-refractivity contribution in [3.63, 3.8) is 0 Å². The fourth-order valence-electron chi connectivity index (χ4n) is 1.85. The van der Waals surface area contributed by atoms with E-state index >= 15 is 0 Å². The van der Waals surface area contributed by atoms with E-state index in [4.69, 9.17) is 0 Å². The SMILES string of the molecule is Cc1ccc(O)c(CN[C@@H](C)c2ccc(Br)cc2)n1. The summed E-state index contributed by atoms with van der Waals surface area (Å²) < 4.78 is 1.07. The van der Waals surface area contributed by atoms with Crippen molar-refractivity contribution in [3.05, 3.63) is 57.8 Å². The molecule has 0 aliphatic carbocycles. The molecule has 2 aromatic rings. The van der Waals surface area contributed by atoms with E-state index < -0.39 is 0 Å².